The van der Waals surface area contributed by atoms with Gasteiger partial charge in [0.1, 0.15) is 0 Å². The molecule has 2 N–H and O–H groups in total. The number of para-hydroxylation sites is 1. The first-order chi connectivity index (χ1) is 13.5. The maximum Gasteiger partial charge on any atom is 0.281 e. The molecule has 1 aliphatic heterocycles. The fourth-order valence-corrected chi connectivity index (χ4v) is 3.82. The molecule has 1 aliphatic rings. The molecule has 2 aromatic carbocycles. The number of benzene rings is 2. The van der Waals surface area contributed by atoms with Crippen LogP contribution in [0, 0.1) is 0 Å². The van der Waals surface area contributed by atoms with Gasteiger partial charge in [-0.2, -0.15) is 0 Å². The lowest BCUT2D eigenvalue weighted by Crippen LogP contribution is -2.29. The number of amides is 3. The maximum absolute atomic E-state index is 12.7. The molecule has 1 saturated heterocycles. The van der Waals surface area contributed by atoms with Crippen LogP contribution < -0.4 is 10.6 Å². The lowest BCUT2D eigenvalue weighted by molar-refractivity contribution is -0.116. The van der Waals surface area contributed by atoms with Gasteiger partial charge >= 0.3 is 0 Å². The van der Waals surface area contributed by atoms with Crippen molar-refractivity contribution < 1.29 is 14.4 Å². The highest BCUT2D eigenvalue weighted by Gasteiger charge is 2.22. The molecule has 0 spiro atoms. The molecule has 1 fully saturated rings. The van der Waals surface area contributed by atoms with E-state index in [1.807, 2.05) is 37.3 Å². The van der Waals surface area contributed by atoms with Crippen molar-refractivity contribution in [2.24, 2.45) is 0 Å². The van der Waals surface area contributed by atoms with Gasteiger partial charge < -0.3 is 15.5 Å². The van der Waals surface area contributed by atoms with Gasteiger partial charge in [0.15, 0.2) is 0 Å². The van der Waals surface area contributed by atoms with E-state index in [4.69, 9.17) is 0 Å². The molecule has 3 amide bonds. The number of hydrogen-bond donors (Lipinski definition) is 2. The van der Waals surface area contributed by atoms with Crippen LogP contribution in [-0.4, -0.2) is 40.8 Å². The van der Waals surface area contributed by atoms with Gasteiger partial charge in [-0.3, -0.25) is 14.4 Å². The Bertz CT molecular complexity index is 857. The smallest absolute Gasteiger partial charge is 0.281 e. The monoisotopic (exact) mass is 397 g/mol. The van der Waals surface area contributed by atoms with Crippen molar-refractivity contribution in [3.8, 4) is 0 Å². The second-order valence-electron chi connectivity index (χ2n) is 6.55. The molecule has 146 valence electrons. The van der Waals surface area contributed by atoms with Crippen molar-refractivity contribution in [3.63, 3.8) is 0 Å². The Labute approximate surface area is 168 Å². The molecule has 0 saturated carbocycles. The first-order valence-corrected chi connectivity index (χ1v) is 10.2. The number of thioether (sulfide) groups is 1. The van der Waals surface area contributed by atoms with Crippen LogP contribution >= 0.6 is 11.8 Å². The summed E-state index contributed by atoms with van der Waals surface area (Å²) in [7, 11) is 0. The number of anilines is 1. The Hall–Kier alpha value is -2.80. The highest BCUT2D eigenvalue weighted by Crippen LogP contribution is 2.19. The number of hydrogen-bond acceptors (Lipinski definition) is 4. The number of nitrogens with one attached hydrogen (secondary N) is 2. The summed E-state index contributed by atoms with van der Waals surface area (Å²) in [5, 5.41) is 5.78. The molecule has 0 unspecified atom stereocenters. The summed E-state index contributed by atoms with van der Waals surface area (Å²) in [5.41, 5.74) is 1.88. The molecule has 0 radical (unpaired) electrons. The minimum Gasteiger partial charge on any atom is -0.345 e. The summed E-state index contributed by atoms with van der Waals surface area (Å²) in [5.74, 6) is 0.294. The SMILES string of the molecule is C[C@H](NC(=O)c1ccccc1NC(=O)CCN1CCSC1=O)c1ccccc1. The molecule has 0 bridgehead atoms. The van der Waals surface area contributed by atoms with Gasteiger partial charge in [-0.25, -0.2) is 0 Å². The van der Waals surface area contributed by atoms with Crippen molar-refractivity contribution in [2.45, 2.75) is 19.4 Å². The molecule has 1 heterocycles. The van der Waals surface area contributed by atoms with Crippen molar-refractivity contribution >= 4 is 34.5 Å². The topological polar surface area (TPSA) is 78.5 Å². The Morgan fingerprint density at radius 2 is 1.82 bits per heavy atom. The van der Waals surface area contributed by atoms with E-state index in [1.165, 1.54) is 11.8 Å². The molecular formula is C21H23N3O3S. The summed E-state index contributed by atoms with van der Waals surface area (Å²) < 4.78 is 0. The fraction of sp³-hybridized carbons (Fsp3) is 0.286. The third-order valence-electron chi connectivity index (χ3n) is 4.55. The first-order valence-electron chi connectivity index (χ1n) is 9.21. The fourth-order valence-electron chi connectivity index (χ4n) is 2.97. The van der Waals surface area contributed by atoms with Crippen molar-refractivity contribution in [2.75, 3.05) is 24.2 Å². The van der Waals surface area contributed by atoms with E-state index < -0.39 is 0 Å². The van der Waals surface area contributed by atoms with Crippen LogP contribution in [-0.2, 0) is 4.79 Å². The predicted octanol–water partition coefficient (Wildman–Crippen LogP) is 3.68. The molecule has 7 heteroatoms. The lowest BCUT2D eigenvalue weighted by atomic mass is 10.1. The minimum absolute atomic E-state index is 0.0162. The second kappa shape index (κ2) is 9.41. The van der Waals surface area contributed by atoms with E-state index in [9.17, 15) is 14.4 Å². The molecule has 6 nitrogen and oxygen atoms in total. The Morgan fingerprint density at radius 1 is 1.11 bits per heavy atom. The van der Waals surface area contributed by atoms with Gasteiger partial charge in [0.05, 0.1) is 17.3 Å². The van der Waals surface area contributed by atoms with Crippen LogP contribution in [0.15, 0.2) is 54.6 Å². The number of rotatable bonds is 7. The number of carbonyl (C=O) groups excluding carboxylic acids is 3. The Morgan fingerprint density at radius 3 is 2.54 bits per heavy atom. The van der Waals surface area contributed by atoms with Gasteiger partial charge in [0.2, 0.25) is 5.91 Å². The molecule has 3 rings (SSSR count). The predicted molar refractivity (Wildman–Crippen MR) is 111 cm³/mol. The lowest BCUT2D eigenvalue weighted by Gasteiger charge is -2.17. The van der Waals surface area contributed by atoms with Gasteiger partial charge in [0, 0.05) is 25.3 Å². The van der Waals surface area contributed by atoms with Crippen molar-refractivity contribution in [1.82, 2.24) is 10.2 Å². The average Bonchev–Trinajstić information content (AvgIpc) is 3.12. The van der Waals surface area contributed by atoms with Gasteiger partial charge in [0.25, 0.3) is 11.1 Å². The molecule has 0 aromatic heterocycles. The zero-order valence-electron chi connectivity index (χ0n) is 15.7. The normalized spacial score (nSPS) is 14.6. The van der Waals surface area contributed by atoms with E-state index >= 15 is 0 Å². The number of carbonyl (C=O) groups is 3. The van der Waals surface area contributed by atoms with Gasteiger partial charge in [-0.15, -0.1) is 0 Å². The molecule has 28 heavy (non-hydrogen) atoms. The van der Waals surface area contributed by atoms with Crippen molar-refractivity contribution in [1.29, 1.82) is 0 Å². The highest BCUT2D eigenvalue weighted by molar-refractivity contribution is 8.13. The van der Waals surface area contributed by atoms with Gasteiger partial charge in [-0.1, -0.05) is 54.2 Å². The van der Waals surface area contributed by atoms with E-state index in [1.54, 1.807) is 29.2 Å². The zero-order valence-corrected chi connectivity index (χ0v) is 16.5. The van der Waals surface area contributed by atoms with Crippen LogP contribution in [0.1, 0.15) is 35.3 Å². The second-order valence-corrected chi connectivity index (χ2v) is 7.60. The third-order valence-corrected chi connectivity index (χ3v) is 5.44. The minimum atomic E-state index is -0.252. The highest BCUT2D eigenvalue weighted by atomic mass is 32.2. The van der Waals surface area contributed by atoms with Crippen LogP contribution in [0.3, 0.4) is 0 Å². The van der Waals surface area contributed by atoms with E-state index in [0.29, 0.717) is 24.3 Å². The van der Waals surface area contributed by atoms with Crippen LogP contribution in [0.2, 0.25) is 0 Å². The standard InChI is InChI=1S/C21H23N3O3S/c1-15(16-7-3-2-4-8-16)22-20(26)17-9-5-6-10-18(17)23-19(25)11-12-24-13-14-28-21(24)27/h2-10,15H,11-14H2,1H3,(H,22,26)(H,23,25)/t15-/m0/s1. The molecule has 0 aliphatic carbocycles. The van der Waals surface area contributed by atoms with E-state index in [-0.39, 0.29) is 29.5 Å². The number of nitrogens with zero attached hydrogens (tertiary/aromatic N) is 1. The quantitative estimate of drug-likeness (QED) is 0.747. The van der Waals surface area contributed by atoms with Crippen LogP contribution in [0.25, 0.3) is 0 Å². The van der Waals surface area contributed by atoms with Crippen LogP contribution in [0.5, 0.6) is 0 Å². The zero-order chi connectivity index (χ0) is 19.9. The third kappa shape index (κ3) is 5.13. The van der Waals surface area contributed by atoms with Gasteiger partial charge in [-0.05, 0) is 24.6 Å². The summed E-state index contributed by atoms with van der Waals surface area (Å²) in [6, 6.07) is 16.5. The largest absolute Gasteiger partial charge is 0.345 e. The summed E-state index contributed by atoms with van der Waals surface area (Å²) in [6.07, 6.45) is 0.197. The maximum atomic E-state index is 12.7. The summed E-state index contributed by atoms with van der Waals surface area (Å²) >= 11 is 1.27. The van der Waals surface area contributed by atoms with Crippen molar-refractivity contribution in [3.05, 3.63) is 65.7 Å². The van der Waals surface area contributed by atoms with E-state index in [0.717, 1.165) is 11.3 Å². The van der Waals surface area contributed by atoms with Crippen LogP contribution in [0.4, 0.5) is 10.5 Å². The summed E-state index contributed by atoms with van der Waals surface area (Å²) in [6.45, 7) is 2.98. The van der Waals surface area contributed by atoms with E-state index in [2.05, 4.69) is 10.6 Å². The Kier molecular flexibility index (Phi) is 6.71. The molecule has 2 aromatic rings. The average molecular weight is 398 g/mol. The molecule has 1 atom stereocenters. The summed E-state index contributed by atoms with van der Waals surface area (Å²) in [4.78, 5) is 38.3. The first kappa shape index (κ1) is 19.9. The Balaban J connectivity index is 1.61. The molecular weight excluding hydrogens is 374 g/mol.